The lowest BCUT2D eigenvalue weighted by molar-refractivity contribution is -0.121. The molecule has 0 aromatic heterocycles. The second-order valence-corrected chi connectivity index (χ2v) is 6.02. The van der Waals surface area contributed by atoms with Gasteiger partial charge in [-0.15, -0.1) is 0 Å². The van der Waals surface area contributed by atoms with Gasteiger partial charge in [0.2, 0.25) is 5.91 Å². The molecule has 1 aliphatic rings. The number of hydrogen-bond acceptors (Lipinski definition) is 2. The van der Waals surface area contributed by atoms with E-state index < -0.39 is 0 Å². The van der Waals surface area contributed by atoms with Crippen LogP contribution in [-0.2, 0) is 4.79 Å². The van der Waals surface area contributed by atoms with Crippen LogP contribution in [-0.4, -0.2) is 11.0 Å². The van der Waals surface area contributed by atoms with Crippen molar-refractivity contribution in [2.24, 2.45) is 11.8 Å². The quantitative estimate of drug-likeness (QED) is 0.807. The minimum Gasteiger partial charge on any atom is -0.506 e. The molecule has 0 radical (unpaired) electrons. The number of hydrogen-bond donors (Lipinski definition) is 2. The van der Waals surface area contributed by atoms with E-state index in [0.717, 1.165) is 37.2 Å². The molecule has 1 amide bonds. The molecule has 1 aliphatic carbocycles. The van der Waals surface area contributed by atoms with Gasteiger partial charge in [-0.25, -0.2) is 0 Å². The highest BCUT2D eigenvalue weighted by Crippen LogP contribution is 2.33. The van der Waals surface area contributed by atoms with Crippen LogP contribution in [0.4, 0.5) is 5.69 Å². The molecule has 0 heterocycles. The van der Waals surface area contributed by atoms with Crippen LogP contribution in [0.1, 0.15) is 51.0 Å². The summed E-state index contributed by atoms with van der Waals surface area (Å²) in [5.41, 5.74) is 1.51. The molecule has 0 aliphatic heterocycles. The molecular weight excluding hydrogens is 250 g/mol. The highest BCUT2D eigenvalue weighted by molar-refractivity contribution is 5.93. The number of phenolic OH excluding ortho intramolecular Hbond substituents is 1. The Bertz CT molecular complexity index is 462. The first-order valence-electron chi connectivity index (χ1n) is 7.70. The number of nitrogens with one attached hydrogen (secondary N) is 1. The fourth-order valence-corrected chi connectivity index (χ4v) is 3.10. The van der Waals surface area contributed by atoms with Gasteiger partial charge in [0.25, 0.3) is 0 Å². The van der Waals surface area contributed by atoms with Crippen LogP contribution in [0.25, 0.3) is 0 Å². The Kier molecular flexibility index (Phi) is 5.05. The smallest absolute Gasteiger partial charge is 0.227 e. The Hall–Kier alpha value is -1.51. The van der Waals surface area contributed by atoms with Gasteiger partial charge in [-0.1, -0.05) is 25.8 Å². The van der Waals surface area contributed by atoms with E-state index in [1.54, 1.807) is 12.1 Å². The number of aromatic hydroxyl groups is 1. The van der Waals surface area contributed by atoms with Crippen LogP contribution in [0.2, 0.25) is 0 Å². The number of phenols is 1. The normalized spacial score (nSPS) is 22.5. The predicted molar refractivity (Wildman–Crippen MR) is 81.8 cm³/mol. The van der Waals surface area contributed by atoms with Crippen LogP contribution >= 0.6 is 0 Å². The standard InChI is InChI=1S/C17H25NO2/c1-3-4-13-6-8-14(9-7-13)17(20)18-15-10-5-12(2)11-16(15)19/h5,10-11,13-14,19H,3-4,6-9H2,1-2H3,(H,18,20). The van der Waals surface area contributed by atoms with Crippen molar-refractivity contribution in [3.8, 4) is 5.75 Å². The van der Waals surface area contributed by atoms with Crippen molar-refractivity contribution in [2.45, 2.75) is 52.4 Å². The number of amides is 1. The molecule has 0 atom stereocenters. The summed E-state index contributed by atoms with van der Waals surface area (Å²) in [5, 5.41) is 12.7. The van der Waals surface area contributed by atoms with E-state index in [-0.39, 0.29) is 17.6 Å². The third-order valence-corrected chi connectivity index (χ3v) is 4.33. The summed E-state index contributed by atoms with van der Waals surface area (Å²) in [7, 11) is 0. The molecule has 3 heteroatoms. The molecule has 0 saturated heterocycles. The van der Waals surface area contributed by atoms with Gasteiger partial charge in [0.05, 0.1) is 5.69 Å². The van der Waals surface area contributed by atoms with Crippen LogP contribution in [0.5, 0.6) is 5.75 Å². The Labute approximate surface area is 121 Å². The highest BCUT2D eigenvalue weighted by Gasteiger charge is 2.26. The minimum atomic E-state index is 0.0547. The number of carbonyl (C=O) groups is 1. The SMILES string of the molecule is CCCC1CCC(C(=O)Nc2ccc(C)cc2O)CC1. The van der Waals surface area contributed by atoms with Crippen molar-refractivity contribution in [3.63, 3.8) is 0 Å². The van der Waals surface area contributed by atoms with Gasteiger partial charge in [0.1, 0.15) is 5.75 Å². The summed E-state index contributed by atoms with van der Waals surface area (Å²) in [6.07, 6.45) is 6.79. The van der Waals surface area contributed by atoms with Gasteiger partial charge >= 0.3 is 0 Å². The summed E-state index contributed by atoms with van der Waals surface area (Å²) in [6, 6.07) is 5.34. The average Bonchev–Trinajstić information content (AvgIpc) is 2.43. The minimum absolute atomic E-state index is 0.0547. The van der Waals surface area contributed by atoms with Crippen molar-refractivity contribution in [1.29, 1.82) is 0 Å². The van der Waals surface area contributed by atoms with Crippen LogP contribution in [0.3, 0.4) is 0 Å². The maximum atomic E-state index is 12.2. The van der Waals surface area contributed by atoms with Crippen molar-refractivity contribution in [2.75, 3.05) is 5.32 Å². The van der Waals surface area contributed by atoms with E-state index in [4.69, 9.17) is 0 Å². The zero-order valence-electron chi connectivity index (χ0n) is 12.5. The Morgan fingerprint density at radius 1 is 1.30 bits per heavy atom. The summed E-state index contributed by atoms with van der Waals surface area (Å²) >= 11 is 0. The van der Waals surface area contributed by atoms with E-state index in [1.165, 1.54) is 12.8 Å². The molecule has 1 fully saturated rings. The number of rotatable bonds is 4. The molecule has 0 unspecified atom stereocenters. The summed E-state index contributed by atoms with van der Waals surface area (Å²) in [5.74, 6) is 1.11. The summed E-state index contributed by atoms with van der Waals surface area (Å²) in [6.45, 7) is 4.14. The van der Waals surface area contributed by atoms with Gasteiger partial charge in [-0.05, 0) is 56.2 Å². The largest absolute Gasteiger partial charge is 0.506 e. The van der Waals surface area contributed by atoms with Crippen molar-refractivity contribution in [1.82, 2.24) is 0 Å². The van der Waals surface area contributed by atoms with Crippen LogP contribution in [0, 0.1) is 18.8 Å². The number of anilines is 1. The molecule has 2 rings (SSSR count). The summed E-state index contributed by atoms with van der Waals surface area (Å²) < 4.78 is 0. The van der Waals surface area contributed by atoms with E-state index in [9.17, 15) is 9.90 Å². The highest BCUT2D eigenvalue weighted by atomic mass is 16.3. The van der Waals surface area contributed by atoms with Crippen LogP contribution in [0.15, 0.2) is 18.2 Å². The first kappa shape index (κ1) is 14.9. The molecule has 110 valence electrons. The lowest BCUT2D eigenvalue weighted by Crippen LogP contribution is -2.27. The van der Waals surface area contributed by atoms with E-state index in [0.29, 0.717) is 5.69 Å². The lowest BCUT2D eigenvalue weighted by atomic mass is 9.80. The van der Waals surface area contributed by atoms with Gasteiger partial charge in [-0.2, -0.15) is 0 Å². The molecule has 0 spiro atoms. The topological polar surface area (TPSA) is 49.3 Å². The lowest BCUT2D eigenvalue weighted by Gasteiger charge is -2.27. The monoisotopic (exact) mass is 275 g/mol. The third kappa shape index (κ3) is 3.75. The second-order valence-electron chi connectivity index (χ2n) is 6.02. The fraction of sp³-hybridized carbons (Fsp3) is 0.588. The van der Waals surface area contributed by atoms with Gasteiger partial charge < -0.3 is 10.4 Å². The molecule has 1 aromatic rings. The first-order valence-corrected chi connectivity index (χ1v) is 7.70. The van der Waals surface area contributed by atoms with E-state index >= 15 is 0 Å². The Balaban J connectivity index is 1.89. The Morgan fingerprint density at radius 2 is 2.00 bits per heavy atom. The maximum absolute atomic E-state index is 12.2. The fourth-order valence-electron chi connectivity index (χ4n) is 3.10. The molecule has 0 bridgehead atoms. The number of carbonyl (C=O) groups excluding carboxylic acids is 1. The molecule has 20 heavy (non-hydrogen) atoms. The number of benzene rings is 1. The van der Waals surface area contributed by atoms with Crippen molar-refractivity contribution >= 4 is 11.6 Å². The molecule has 1 saturated carbocycles. The van der Waals surface area contributed by atoms with Crippen LogP contribution < -0.4 is 5.32 Å². The molecule has 3 nitrogen and oxygen atoms in total. The van der Waals surface area contributed by atoms with Gasteiger partial charge in [0, 0.05) is 5.92 Å². The van der Waals surface area contributed by atoms with E-state index in [2.05, 4.69) is 12.2 Å². The van der Waals surface area contributed by atoms with E-state index in [1.807, 2.05) is 13.0 Å². The van der Waals surface area contributed by atoms with Gasteiger partial charge in [-0.3, -0.25) is 4.79 Å². The first-order chi connectivity index (χ1) is 9.60. The maximum Gasteiger partial charge on any atom is 0.227 e. The zero-order valence-corrected chi connectivity index (χ0v) is 12.5. The second kappa shape index (κ2) is 6.78. The van der Waals surface area contributed by atoms with Crippen molar-refractivity contribution in [3.05, 3.63) is 23.8 Å². The predicted octanol–water partition coefficient (Wildman–Crippen LogP) is 4.25. The molecular formula is C17H25NO2. The average molecular weight is 275 g/mol. The Morgan fingerprint density at radius 3 is 2.60 bits per heavy atom. The number of aryl methyl sites for hydroxylation is 1. The molecule has 2 N–H and O–H groups in total. The third-order valence-electron chi connectivity index (χ3n) is 4.33. The van der Waals surface area contributed by atoms with Crippen molar-refractivity contribution < 1.29 is 9.90 Å². The zero-order chi connectivity index (χ0) is 14.5. The van der Waals surface area contributed by atoms with Gasteiger partial charge in [0.15, 0.2) is 0 Å². The summed E-state index contributed by atoms with van der Waals surface area (Å²) in [4.78, 5) is 12.2. The molecule has 1 aromatic carbocycles.